The summed E-state index contributed by atoms with van der Waals surface area (Å²) in [5, 5.41) is 7.13. The Morgan fingerprint density at radius 1 is 1.22 bits per heavy atom. The van der Waals surface area contributed by atoms with Crippen LogP contribution < -0.4 is 10.4 Å². The second-order valence-electron chi connectivity index (χ2n) is 5.41. The van der Waals surface area contributed by atoms with Crippen LogP contribution in [0.1, 0.15) is 15.9 Å². The molecule has 0 aliphatic heterocycles. The monoisotopic (exact) mass is 395 g/mol. The van der Waals surface area contributed by atoms with Gasteiger partial charge in [-0.3, -0.25) is 9.89 Å². The molecule has 0 unspecified atom stereocenters. The Bertz CT molecular complexity index is 959. The lowest BCUT2D eigenvalue weighted by atomic mass is 10.1. The summed E-state index contributed by atoms with van der Waals surface area (Å²) in [5.41, 5.74) is 1.78. The summed E-state index contributed by atoms with van der Waals surface area (Å²) in [4.78, 5) is 16.9. The van der Waals surface area contributed by atoms with E-state index in [0.29, 0.717) is 17.1 Å². The summed E-state index contributed by atoms with van der Waals surface area (Å²) in [6.07, 6.45) is -3.40. The van der Waals surface area contributed by atoms with Crippen molar-refractivity contribution in [1.82, 2.24) is 20.6 Å². The van der Waals surface area contributed by atoms with Gasteiger partial charge in [-0.05, 0) is 24.3 Å². The van der Waals surface area contributed by atoms with Crippen LogP contribution in [0.3, 0.4) is 0 Å². The lowest BCUT2D eigenvalue weighted by molar-refractivity contribution is -0.137. The van der Waals surface area contributed by atoms with Gasteiger partial charge in [0.1, 0.15) is 6.33 Å². The van der Waals surface area contributed by atoms with Crippen LogP contribution in [0.4, 0.5) is 18.9 Å². The number of aromatic amines is 1. The molecule has 3 aromatic rings. The molecule has 0 bridgehead atoms. The molecule has 0 spiro atoms. The number of alkyl halides is 3. The van der Waals surface area contributed by atoms with E-state index in [1.54, 1.807) is 24.3 Å². The van der Waals surface area contributed by atoms with Crippen LogP contribution in [0, 0.1) is 0 Å². The lowest BCUT2D eigenvalue weighted by Gasteiger charge is -2.24. The Morgan fingerprint density at radius 3 is 2.59 bits per heavy atom. The Kier molecular flexibility index (Phi) is 5.15. The van der Waals surface area contributed by atoms with Crippen LogP contribution in [0.2, 0.25) is 5.02 Å². The van der Waals surface area contributed by atoms with Gasteiger partial charge in [0, 0.05) is 12.6 Å². The van der Waals surface area contributed by atoms with Crippen LogP contribution in [0.5, 0.6) is 0 Å². The SMILES string of the molecule is CNN(C(=O)c1c(Cl)cccc1C(F)(F)F)c1cccc(-c2ncn[nH]2)c1. The Hall–Kier alpha value is -2.91. The van der Waals surface area contributed by atoms with E-state index in [9.17, 15) is 18.0 Å². The van der Waals surface area contributed by atoms with Gasteiger partial charge >= 0.3 is 6.18 Å². The van der Waals surface area contributed by atoms with Crippen LogP contribution in [0.25, 0.3) is 11.4 Å². The highest BCUT2D eigenvalue weighted by Gasteiger charge is 2.37. The summed E-state index contributed by atoms with van der Waals surface area (Å²) >= 11 is 5.93. The van der Waals surface area contributed by atoms with Gasteiger partial charge in [0.25, 0.3) is 5.91 Å². The molecule has 3 rings (SSSR count). The van der Waals surface area contributed by atoms with E-state index in [-0.39, 0.29) is 5.02 Å². The zero-order valence-electron chi connectivity index (χ0n) is 13.9. The Morgan fingerprint density at radius 2 is 1.96 bits per heavy atom. The van der Waals surface area contributed by atoms with Crippen LogP contribution in [-0.2, 0) is 6.18 Å². The number of hydrazine groups is 1. The van der Waals surface area contributed by atoms with E-state index >= 15 is 0 Å². The van der Waals surface area contributed by atoms with E-state index in [1.807, 2.05) is 0 Å². The summed E-state index contributed by atoms with van der Waals surface area (Å²) < 4.78 is 40.0. The Labute approximate surface area is 156 Å². The number of anilines is 1. The van der Waals surface area contributed by atoms with Crippen molar-refractivity contribution in [2.24, 2.45) is 0 Å². The first kappa shape index (κ1) is 18.9. The molecular formula is C17H13ClF3N5O. The zero-order valence-corrected chi connectivity index (χ0v) is 14.6. The van der Waals surface area contributed by atoms with Gasteiger partial charge in [-0.1, -0.05) is 29.8 Å². The second-order valence-corrected chi connectivity index (χ2v) is 5.82. The van der Waals surface area contributed by atoms with Crippen molar-refractivity contribution in [3.63, 3.8) is 0 Å². The van der Waals surface area contributed by atoms with Gasteiger partial charge in [0.2, 0.25) is 0 Å². The zero-order chi connectivity index (χ0) is 19.6. The molecular weight excluding hydrogens is 383 g/mol. The predicted molar refractivity (Wildman–Crippen MR) is 94.1 cm³/mol. The van der Waals surface area contributed by atoms with Gasteiger partial charge in [-0.2, -0.15) is 18.3 Å². The van der Waals surface area contributed by atoms with E-state index in [4.69, 9.17) is 11.6 Å². The smallest absolute Gasteiger partial charge is 0.267 e. The first-order valence-corrected chi connectivity index (χ1v) is 8.04. The van der Waals surface area contributed by atoms with Crippen molar-refractivity contribution >= 4 is 23.2 Å². The van der Waals surface area contributed by atoms with E-state index in [1.165, 1.54) is 19.4 Å². The molecule has 0 aliphatic rings. The molecule has 27 heavy (non-hydrogen) atoms. The normalized spacial score (nSPS) is 11.4. The van der Waals surface area contributed by atoms with Crippen molar-refractivity contribution < 1.29 is 18.0 Å². The number of nitrogens with zero attached hydrogens (tertiary/aromatic N) is 3. The highest BCUT2D eigenvalue weighted by Crippen LogP contribution is 2.36. The summed E-state index contributed by atoms with van der Waals surface area (Å²) in [6.45, 7) is 0. The van der Waals surface area contributed by atoms with Crippen molar-refractivity contribution in [3.05, 3.63) is 64.9 Å². The lowest BCUT2D eigenvalue weighted by Crippen LogP contribution is -2.41. The number of H-pyrrole nitrogens is 1. The topological polar surface area (TPSA) is 73.9 Å². The number of carbonyl (C=O) groups excluding carboxylic acids is 1. The third-order valence-electron chi connectivity index (χ3n) is 3.75. The van der Waals surface area contributed by atoms with Gasteiger partial charge in [0.15, 0.2) is 5.82 Å². The van der Waals surface area contributed by atoms with E-state index in [2.05, 4.69) is 20.6 Å². The summed E-state index contributed by atoms with van der Waals surface area (Å²) in [5.74, 6) is -0.487. The molecule has 0 fully saturated rings. The van der Waals surface area contributed by atoms with Gasteiger partial charge < -0.3 is 0 Å². The highest BCUT2D eigenvalue weighted by atomic mass is 35.5. The fourth-order valence-corrected chi connectivity index (χ4v) is 2.83. The molecule has 0 saturated carbocycles. The van der Waals surface area contributed by atoms with Crippen molar-refractivity contribution in [1.29, 1.82) is 0 Å². The molecule has 0 radical (unpaired) electrons. The van der Waals surface area contributed by atoms with Crippen LogP contribution in [-0.4, -0.2) is 28.1 Å². The van der Waals surface area contributed by atoms with Crippen LogP contribution in [0.15, 0.2) is 48.8 Å². The molecule has 140 valence electrons. The molecule has 1 heterocycles. The van der Waals surface area contributed by atoms with Crippen molar-refractivity contribution in [3.8, 4) is 11.4 Å². The van der Waals surface area contributed by atoms with Crippen LogP contribution >= 0.6 is 11.6 Å². The molecule has 0 aliphatic carbocycles. The van der Waals surface area contributed by atoms with Gasteiger partial charge in [-0.25, -0.2) is 15.4 Å². The van der Waals surface area contributed by atoms with E-state index < -0.39 is 23.2 Å². The quantitative estimate of drug-likeness (QED) is 0.656. The average molecular weight is 396 g/mol. The molecule has 2 aromatic carbocycles. The number of hydrogen-bond acceptors (Lipinski definition) is 4. The second kappa shape index (κ2) is 7.37. The van der Waals surface area contributed by atoms with Crippen molar-refractivity contribution in [2.75, 3.05) is 12.1 Å². The fraction of sp³-hybridized carbons (Fsp3) is 0.118. The number of benzene rings is 2. The maximum absolute atomic E-state index is 13.3. The number of aromatic nitrogens is 3. The standard InChI is InChI=1S/C17H13ClF3N5O/c1-22-26(11-5-2-4-10(8-11)15-23-9-24-25-15)16(27)14-12(17(19,20)21)6-3-7-13(14)18/h2-9,22H,1H3,(H,23,24,25). The molecule has 0 saturated heterocycles. The predicted octanol–water partition coefficient (Wildman–Crippen LogP) is 3.93. The number of rotatable bonds is 4. The third kappa shape index (κ3) is 3.79. The maximum atomic E-state index is 13.3. The largest absolute Gasteiger partial charge is 0.417 e. The fourth-order valence-electron chi connectivity index (χ4n) is 2.57. The first-order chi connectivity index (χ1) is 12.8. The minimum absolute atomic E-state index is 0.290. The number of carbonyl (C=O) groups is 1. The molecule has 2 N–H and O–H groups in total. The third-order valence-corrected chi connectivity index (χ3v) is 4.07. The number of nitrogens with one attached hydrogen (secondary N) is 2. The molecule has 6 nitrogen and oxygen atoms in total. The van der Waals surface area contributed by atoms with Gasteiger partial charge in [-0.15, -0.1) is 0 Å². The van der Waals surface area contributed by atoms with E-state index in [0.717, 1.165) is 17.1 Å². The molecule has 10 heteroatoms. The first-order valence-electron chi connectivity index (χ1n) is 7.66. The summed E-state index contributed by atoms with van der Waals surface area (Å²) in [7, 11) is 1.42. The maximum Gasteiger partial charge on any atom is 0.417 e. The minimum atomic E-state index is -4.73. The summed E-state index contributed by atoms with van der Waals surface area (Å²) in [6, 6.07) is 9.72. The molecule has 1 amide bonds. The Balaban J connectivity index is 2.05. The number of halogens is 4. The highest BCUT2D eigenvalue weighted by molar-refractivity contribution is 6.34. The van der Waals surface area contributed by atoms with Gasteiger partial charge in [0.05, 0.1) is 21.8 Å². The molecule has 0 atom stereocenters. The average Bonchev–Trinajstić information content (AvgIpc) is 3.16. The minimum Gasteiger partial charge on any atom is -0.267 e. The number of amides is 1. The van der Waals surface area contributed by atoms with Crippen molar-refractivity contribution in [2.45, 2.75) is 6.18 Å². The number of hydrogen-bond donors (Lipinski definition) is 2. The molecule has 1 aromatic heterocycles.